The van der Waals surface area contributed by atoms with Gasteiger partial charge in [0.1, 0.15) is 5.82 Å². The smallest absolute Gasteiger partial charge is 0.335 e. The number of nitrogens with one attached hydrogen (secondary N) is 1. The number of halogens is 1. The number of carbonyl (C=O) groups is 2. The van der Waals surface area contributed by atoms with Crippen LogP contribution in [0.4, 0.5) is 4.39 Å². The molecule has 0 fully saturated rings. The fourth-order valence-electron chi connectivity index (χ4n) is 5.06. The monoisotopic (exact) mass is 560 g/mol. The summed E-state index contributed by atoms with van der Waals surface area (Å²) in [7, 11) is 0. The molecule has 1 atom stereocenters. The van der Waals surface area contributed by atoms with E-state index < -0.39 is 5.97 Å². The molecule has 1 amide bonds. The molecule has 5 aromatic carbocycles. The molecule has 41 heavy (non-hydrogen) atoms. The standard InChI is InChI=1S/C34H25FN2O3S/c1-20(22-8-10-25(11-9-22)34(39)40)36-33(38)29-18-27(24-12-14-28(35)15-13-24)19-31-32(29)30(37-41-31)17-21-6-7-23-4-2-3-5-26(23)16-21/h2-16,18-20H,17H2,1H3,(H,36,38)(H,39,40)/t20-/m0/s1. The van der Waals surface area contributed by atoms with Gasteiger partial charge in [0.15, 0.2) is 0 Å². The SMILES string of the molecule is C[C@H](NC(=O)c1cc(-c2ccc(F)cc2)cc2snc(Cc3ccc4ccccc4c3)c12)c1ccc(C(=O)O)cc1. The number of hydrogen-bond acceptors (Lipinski definition) is 4. The van der Waals surface area contributed by atoms with Crippen LogP contribution in [0.5, 0.6) is 0 Å². The molecule has 0 aliphatic carbocycles. The number of carboxylic acids is 1. The predicted molar refractivity (Wildman–Crippen MR) is 161 cm³/mol. The highest BCUT2D eigenvalue weighted by Crippen LogP contribution is 2.34. The maximum absolute atomic E-state index is 13.8. The van der Waals surface area contributed by atoms with Crippen LogP contribution in [0.2, 0.25) is 0 Å². The number of aromatic nitrogens is 1. The van der Waals surface area contributed by atoms with E-state index in [1.165, 1.54) is 35.8 Å². The molecule has 2 N–H and O–H groups in total. The van der Waals surface area contributed by atoms with Gasteiger partial charge in [-0.2, -0.15) is 4.37 Å². The molecule has 5 nitrogen and oxygen atoms in total. The summed E-state index contributed by atoms with van der Waals surface area (Å²) < 4.78 is 19.3. The Balaban J connectivity index is 1.39. The third kappa shape index (κ3) is 5.44. The highest BCUT2D eigenvalue weighted by Gasteiger charge is 2.21. The van der Waals surface area contributed by atoms with E-state index in [4.69, 9.17) is 4.37 Å². The summed E-state index contributed by atoms with van der Waals surface area (Å²) in [5, 5.41) is 15.4. The van der Waals surface area contributed by atoms with Gasteiger partial charge >= 0.3 is 5.97 Å². The van der Waals surface area contributed by atoms with Crippen LogP contribution in [0.3, 0.4) is 0 Å². The van der Waals surface area contributed by atoms with Crippen LogP contribution < -0.4 is 5.32 Å². The zero-order valence-electron chi connectivity index (χ0n) is 22.1. The molecular formula is C34H25FN2O3S. The Hall–Kier alpha value is -4.88. The topological polar surface area (TPSA) is 79.3 Å². The Morgan fingerprint density at radius 1 is 0.878 bits per heavy atom. The van der Waals surface area contributed by atoms with Gasteiger partial charge in [-0.05, 0) is 87.9 Å². The average Bonchev–Trinajstić information content (AvgIpc) is 3.39. The molecule has 1 heterocycles. The first-order chi connectivity index (χ1) is 19.9. The molecule has 202 valence electrons. The van der Waals surface area contributed by atoms with Gasteiger partial charge < -0.3 is 10.4 Å². The van der Waals surface area contributed by atoms with Gasteiger partial charge in [0, 0.05) is 11.8 Å². The summed E-state index contributed by atoms with van der Waals surface area (Å²) in [6.07, 6.45) is 0.563. The van der Waals surface area contributed by atoms with Crippen molar-refractivity contribution in [2.75, 3.05) is 0 Å². The molecule has 6 rings (SSSR count). The van der Waals surface area contributed by atoms with Crippen LogP contribution >= 0.6 is 11.5 Å². The van der Waals surface area contributed by atoms with E-state index in [0.717, 1.165) is 48.8 Å². The van der Waals surface area contributed by atoms with E-state index in [0.29, 0.717) is 12.0 Å². The van der Waals surface area contributed by atoms with Crippen LogP contribution in [-0.4, -0.2) is 21.4 Å². The molecule has 0 unspecified atom stereocenters. The summed E-state index contributed by atoms with van der Waals surface area (Å²) in [6, 6.07) is 30.6. The Morgan fingerprint density at radius 2 is 1.61 bits per heavy atom. The second kappa shape index (κ2) is 10.9. The van der Waals surface area contributed by atoms with Crippen molar-refractivity contribution < 1.29 is 19.1 Å². The molecule has 7 heteroatoms. The Labute approximate surface area is 240 Å². The minimum Gasteiger partial charge on any atom is -0.478 e. The fourth-order valence-corrected chi connectivity index (χ4v) is 5.92. The van der Waals surface area contributed by atoms with Gasteiger partial charge in [0.2, 0.25) is 0 Å². The quantitative estimate of drug-likeness (QED) is 0.207. The Kier molecular flexibility index (Phi) is 7.03. The van der Waals surface area contributed by atoms with Crippen LogP contribution in [0.15, 0.2) is 103 Å². The zero-order chi connectivity index (χ0) is 28.5. The molecule has 0 radical (unpaired) electrons. The van der Waals surface area contributed by atoms with Crippen molar-refractivity contribution in [2.24, 2.45) is 0 Å². The van der Waals surface area contributed by atoms with Gasteiger partial charge in [0.25, 0.3) is 5.91 Å². The predicted octanol–water partition coefficient (Wildman–Crippen LogP) is 8.04. The van der Waals surface area contributed by atoms with Crippen molar-refractivity contribution in [2.45, 2.75) is 19.4 Å². The van der Waals surface area contributed by atoms with E-state index >= 15 is 0 Å². The summed E-state index contributed by atoms with van der Waals surface area (Å²) in [5.74, 6) is -1.60. The number of hydrogen-bond donors (Lipinski definition) is 2. The minimum atomic E-state index is -1.00. The number of benzene rings is 5. The van der Waals surface area contributed by atoms with Gasteiger partial charge in [0.05, 0.1) is 27.6 Å². The number of amides is 1. The number of carboxylic acid groups (broad SMARTS) is 1. The maximum atomic E-state index is 13.8. The van der Waals surface area contributed by atoms with E-state index in [1.54, 1.807) is 24.3 Å². The number of rotatable bonds is 7. The number of nitrogens with zero attached hydrogens (tertiary/aromatic N) is 1. The van der Waals surface area contributed by atoms with Crippen molar-refractivity contribution in [1.29, 1.82) is 0 Å². The van der Waals surface area contributed by atoms with E-state index in [-0.39, 0.29) is 23.3 Å². The van der Waals surface area contributed by atoms with Crippen LogP contribution in [0.25, 0.3) is 32.0 Å². The van der Waals surface area contributed by atoms with E-state index in [2.05, 4.69) is 35.6 Å². The highest BCUT2D eigenvalue weighted by molar-refractivity contribution is 7.13. The Bertz CT molecular complexity index is 1910. The lowest BCUT2D eigenvalue weighted by molar-refractivity contribution is 0.0696. The van der Waals surface area contributed by atoms with Crippen LogP contribution in [0, 0.1) is 5.82 Å². The summed E-state index contributed by atoms with van der Waals surface area (Å²) in [5.41, 5.74) is 4.95. The highest BCUT2D eigenvalue weighted by atomic mass is 32.1. The van der Waals surface area contributed by atoms with Gasteiger partial charge in [-0.15, -0.1) is 0 Å². The summed E-state index contributed by atoms with van der Waals surface area (Å²) in [4.78, 5) is 25.1. The van der Waals surface area contributed by atoms with Gasteiger partial charge in [-0.1, -0.05) is 66.7 Å². The first kappa shape index (κ1) is 26.3. The lowest BCUT2D eigenvalue weighted by Crippen LogP contribution is -2.27. The lowest BCUT2D eigenvalue weighted by atomic mass is 9.96. The second-order valence-corrected chi connectivity index (χ2v) is 10.8. The van der Waals surface area contributed by atoms with Crippen molar-refractivity contribution in [1.82, 2.24) is 9.69 Å². The second-order valence-electron chi connectivity index (χ2n) is 10.0. The maximum Gasteiger partial charge on any atom is 0.335 e. The summed E-state index contributed by atoms with van der Waals surface area (Å²) in [6.45, 7) is 1.86. The van der Waals surface area contributed by atoms with Crippen molar-refractivity contribution in [3.8, 4) is 11.1 Å². The minimum absolute atomic E-state index is 0.184. The first-order valence-corrected chi connectivity index (χ1v) is 13.9. The number of aromatic carboxylic acids is 1. The molecule has 1 aromatic heterocycles. The average molecular weight is 561 g/mol. The molecule has 0 saturated carbocycles. The fraction of sp³-hybridized carbons (Fsp3) is 0.0882. The molecule has 6 aromatic rings. The Morgan fingerprint density at radius 3 is 2.34 bits per heavy atom. The van der Waals surface area contributed by atoms with Crippen LogP contribution in [0.1, 0.15) is 50.5 Å². The van der Waals surface area contributed by atoms with Crippen LogP contribution in [-0.2, 0) is 6.42 Å². The van der Waals surface area contributed by atoms with Crippen molar-refractivity contribution >= 4 is 44.3 Å². The van der Waals surface area contributed by atoms with Gasteiger partial charge in [-0.25, -0.2) is 9.18 Å². The molecule has 0 bridgehead atoms. The van der Waals surface area contributed by atoms with Crippen molar-refractivity contribution in [3.63, 3.8) is 0 Å². The largest absolute Gasteiger partial charge is 0.478 e. The molecule has 0 aliphatic rings. The molecule has 0 spiro atoms. The summed E-state index contributed by atoms with van der Waals surface area (Å²) >= 11 is 1.34. The van der Waals surface area contributed by atoms with Crippen molar-refractivity contribution in [3.05, 3.63) is 137 Å². The molecular weight excluding hydrogens is 535 g/mol. The first-order valence-electron chi connectivity index (χ1n) is 13.2. The van der Waals surface area contributed by atoms with E-state index in [9.17, 15) is 19.1 Å². The third-order valence-corrected chi connectivity index (χ3v) is 8.09. The number of carbonyl (C=O) groups excluding carboxylic acids is 1. The molecule has 0 saturated heterocycles. The zero-order valence-corrected chi connectivity index (χ0v) is 22.9. The lowest BCUT2D eigenvalue weighted by Gasteiger charge is -2.16. The normalized spacial score (nSPS) is 12.0. The van der Waals surface area contributed by atoms with E-state index in [1.807, 2.05) is 31.2 Å². The molecule has 0 aliphatic heterocycles. The van der Waals surface area contributed by atoms with Gasteiger partial charge in [-0.3, -0.25) is 4.79 Å². The number of fused-ring (bicyclic) bond motifs is 2. The third-order valence-electron chi connectivity index (χ3n) is 7.26.